The lowest BCUT2D eigenvalue weighted by Crippen LogP contribution is -2.02. The van der Waals surface area contributed by atoms with E-state index in [0.29, 0.717) is 19.0 Å². The summed E-state index contributed by atoms with van der Waals surface area (Å²) in [6.07, 6.45) is 3.63. The lowest BCUT2D eigenvalue weighted by molar-refractivity contribution is 0.491. The van der Waals surface area contributed by atoms with Crippen LogP contribution < -0.4 is 5.73 Å². The molecule has 0 unspecified atom stereocenters. The molecule has 2 N–H and O–H groups in total. The summed E-state index contributed by atoms with van der Waals surface area (Å²) in [4.78, 5) is 0. The number of hydrogen-bond acceptors (Lipinski definition) is 2. The zero-order valence-corrected chi connectivity index (χ0v) is 8.83. The smallest absolute Gasteiger partial charge is 0.161 e. The van der Waals surface area contributed by atoms with Crippen LogP contribution in [-0.2, 0) is 6.42 Å². The van der Waals surface area contributed by atoms with E-state index >= 15 is 0 Å². The highest BCUT2D eigenvalue weighted by Crippen LogP contribution is 2.17. The predicted octanol–water partition coefficient (Wildman–Crippen LogP) is 1.79. The lowest BCUT2D eigenvalue weighted by Gasteiger charge is -2.03. The second-order valence-electron chi connectivity index (χ2n) is 3.55. The molecule has 2 rings (SSSR count). The number of halogens is 3. The van der Waals surface area contributed by atoms with Gasteiger partial charge in [-0.25, -0.2) is 17.9 Å². The van der Waals surface area contributed by atoms with Crippen molar-refractivity contribution in [2.75, 3.05) is 6.54 Å². The first-order valence-electron chi connectivity index (χ1n) is 5.00. The Bertz CT molecular complexity index is 537. The highest BCUT2D eigenvalue weighted by molar-refractivity contribution is 5.34. The molecular formula is C11H10F3N3. The van der Waals surface area contributed by atoms with E-state index in [9.17, 15) is 13.2 Å². The third-order valence-corrected chi connectivity index (χ3v) is 2.31. The van der Waals surface area contributed by atoms with Crippen LogP contribution in [0.2, 0.25) is 0 Å². The van der Waals surface area contributed by atoms with Crippen LogP contribution in [0.25, 0.3) is 5.69 Å². The molecule has 17 heavy (non-hydrogen) atoms. The van der Waals surface area contributed by atoms with Crippen LogP contribution in [0.1, 0.15) is 5.56 Å². The Morgan fingerprint density at radius 2 is 1.82 bits per heavy atom. The van der Waals surface area contributed by atoms with Crippen LogP contribution in [0.4, 0.5) is 13.2 Å². The fourth-order valence-corrected chi connectivity index (χ4v) is 1.48. The number of nitrogens with two attached hydrogens (primary N) is 1. The average molecular weight is 241 g/mol. The molecule has 0 saturated carbocycles. The van der Waals surface area contributed by atoms with E-state index in [1.54, 1.807) is 0 Å². The van der Waals surface area contributed by atoms with Crippen LogP contribution in [0.3, 0.4) is 0 Å². The largest absolute Gasteiger partial charge is 0.330 e. The van der Waals surface area contributed by atoms with Crippen LogP contribution in [0, 0.1) is 17.5 Å². The zero-order chi connectivity index (χ0) is 12.4. The quantitative estimate of drug-likeness (QED) is 0.832. The van der Waals surface area contributed by atoms with Crippen molar-refractivity contribution in [2.24, 2.45) is 5.73 Å². The monoisotopic (exact) mass is 241 g/mol. The Balaban J connectivity index is 2.41. The van der Waals surface area contributed by atoms with Crippen molar-refractivity contribution >= 4 is 0 Å². The lowest BCUT2D eigenvalue weighted by atomic mass is 10.2. The molecule has 0 aliphatic rings. The molecule has 0 aliphatic carbocycles. The molecular weight excluding hydrogens is 231 g/mol. The van der Waals surface area contributed by atoms with Gasteiger partial charge in [0.25, 0.3) is 0 Å². The van der Waals surface area contributed by atoms with Gasteiger partial charge in [0.2, 0.25) is 0 Å². The van der Waals surface area contributed by atoms with E-state index in [1.165, 1.54) is 12.4 Å². The first kappa shape index (κ1) is 11.7. The molecule has 3 nitrogen and oxygen atoms in total. The number of nitrogens with zero attached hydrogens (tertiary/aromatic N) is 2. The Morgan fingerprint density at radius 1 is 1.12 bits per heavy atom. The van der Waals surface area contributed by atoms with Gasteiger partial charge in [0, 0.05) is 18.3 Å². The summed E-state index contributed by atoms with van der Waals surface area (Å²) in [5.41, 5.74) is 6.03. The maximum absolute atomic E-state index is 13.4. The highest BCUT2D eigenvalue weighted by atomic mass is 19.2. The predicted molar refractivity (Wildman–Crippen MR) is 56.2 cm³/mol. The molecule has 1 aromatic heterocycles. The van der Waals surface area contributed by atoms with Crippen molar-refractivity contribution in [1.82, 2.24) is 9.78 Å². The van der Waals surface area contributed by atoms with Gasteiger partial charge in [-0.05, 0) is 18.5 Å². The minimum Gasteiger partial charge on any atom is -0.330 e. The second kappa shape index (κ2) is 4.58. The van der Waals surface area contributed by atoms with Crippen LogP contribution >= 0.6 is 0 Å². The van der Waals surface area contributed by atoms with Crippen LogP contribution in [0.15, 0.2) is 24.5 Å². The summed E-state index contributed by atoms with van der Waals surface area (Å²) >= 11 is 0. The van der Waals surface area contributed by atoms with Gasteiger partial charge < -0.3 is 5.73 Å². The van der Waals surface area contributed by atoms with Gasteiger partial charge in [0.05, 0.1) is 6.20 Å². The molecule has 0 fully saturated rings. The highest BCUT2D eigenvalue weighted by Gasteiger charge is 2.12. The Kier molecular flexibility index (Phi) is 3.14. The molecule has 0 bridgehead atoms. The molecule has 1 aromatic carbocycles. The van der Waals surface area contributed by atoms with Gasteiger partial charge >= 0.3 is 0 Å². The van der Waals surface area contributed by atoms with Gasteiger partial charge in [-0.3, -0.25) is 0 Å². The van der Waals surface area contributed by atoms with E-state index < -0.39 is 17.5 Å². The fraction of sp³-hybridized carbons (Fsp3) is 0.182. The van der Waals surface area contributed by atoms with E-state index in [-0.39, 0.29) is 5.69 Å². The van der Waals surface area contributed by atoms with E-state index in [1.807, 2.05) is 0 Å². The zero-order valence-electron chi connectivity index (χ0n) is 8.83. The number of benzene rings is 1. The average Bonchev–Trinajstić information content (AvgIpc) is 2.72. The van der Waals surface area contributed by atoms with E-state index in [2.05, 4.69) is 5.10 Å². The first-order chi connectivity index (χ1) is 8.11. The van der Waals surface area contributed by atoms with Gasteiger partial charge in [-0.1, -0.05) is 0 Å². The van der Waals surface area contributed by atoms with Crippen molar-refractivity contribution in [3.63, 3.8) is 0 Å². The van der Waals surface area contributed by atoms with Crippen LogP contribution in [0.5, 0.6) is 0 Å². The summed E-state index contributed by atoms with van der Waals surface area (Å²) in [6, 6.07) is 1.26. The van der Waals surface area contributed by atoms with E-state index in [4.69, 9.17) is 5.73 Å². The molecule has 0 radical (unpaired) electrons. The van der Waals surface area contributed by atoms with Gasteiger partial charge in [-0.2, -0.15) is 5.10 Å². The van der Waals surface area contributed by atoms with Crippen molar-refractivity contribution < 1.29 is 13.2 Å². The summed E-state index contributed by atoms with van der Waals surface area (Å²) in [5.74, 6) is -3.20. The maximum Gasteiger partial charge on any atom is 0.161 e. The summed E-state index contributed by atoms with van der Waals surface area (Å²) < 4.78 is 40.3. The van der Waals surface area contributed by atoms with Crippen molar-refractivity contribution in [3.8, 4) is 5.69 Å². The summed E-state index contributed by atoms with van der Waals surface area (Å²) in [5, 5.41) is 3.87. The number of aromatic nitrogens is 2. The molecule has 0 saturated heterocycles. The standard InChI is InChI=1S/C11H10F3N3/c12-8-3-10(14)11(4-9(8)13)17-6-7(1-2-15)5-16-17/h3-6H,1-2,15H2. The van der Waals surface area contributed by atoms with Crippen molar-refractivity contribution in [3.05, 3.63) is 47.5 Å². The number of hydrogen-bond donors (Lipinski definition) is 1. The molecule has 90 valence electrons. The molecule has 1 heterocycles. The third kappa shape index (κ3) is 2.31. The molecule has 0 aliphatic heterocycles. The van der Waals surface area contributed by atoms with Gasteiger partial charge in [0.1, 0.15) is 5.69 Å². The van der Waals surface area contributed by atoms with Crippen molar-refractivity contribution in [1.29, 1.82) is 0 Å². The minimum absolute atomic E-state index is 0.132. The first-order valence-corrected chi connectivity index (χ1v) is 5.00. The van der Waals surface area contributed by atoms with Crippen LogP contribution in [-0.4, -0.2) is 16.3 Å². The summed E-state index contributed by atoms with van der Waals surface area (Å²) in [7, 11) is 0. The molecule has 6 heteroatoms. The Labute approximate surface area is 95.7 Å². The normalized spacial score (nSPS) is 10.8. The topological polar surface area (TPSA) is 43.8 Å². The fourth-order valence-electron chi connectivity index (χ4n) is 1.48. The molecule has 0 amide bonds. The molecule has 2 aromatic rings. The Hall–Kier alpha value is -1.82. The minimum atomic E-state index is -1.22. The van der Waals surface area contributed by atoms with Gasteiger partial charge in [0.15, 0.2) is 17.5 Å². The molecule has 0 atom stereocenters. The van der Waals surface area contributed by atoms with E-state index in [0.717, 1.165) is 16.3 Å². The summed E-state index contributed by atoms with van der Waals surface area (Å²) in [6.45, 7) is 0.436. The maximum atomic E-state index is 13.4. The number of rotatable bonds is 3. The second-order valence-corrected chi connectivity index (χ2v) is 3.55. The van der Waals surface area contributed by atoms with Crippen molar-refractivity contribution in [2.45, 2.75) is 6.42 Å². The third-order valence-electron chi connectivity index (χ3n) is 2.31. The van der Waals surface area contributed by atoms with Gasteiger partial charge in [-0.15, -0.1) is 0 Å². The Morgan fingerprint density at radius 3 is 2.53 bits per heavy atom. The SMILES string of the molecule is NCCc1cnn(-c2cc(F)c(F)cc2F)c1. The molecule has 0 spiro atoms.